The second kappa shape index (κ2) is 8.46. The van der Waals surface area contributed by atoms with Gasteiger partial charge in [-0.15, -0.1) is 5.10 Å². The van der Waals surface area contributed by atoms with Crippen LogP contribution in [-0.4, -0.2) is 27.8 Å². The molecule has 0 unspecified atom stereocenters. The summed E-state index contributed by atoms with van der Waals surface area (Å²) in [6.07, 6.45) is 10.4. The maximum atomic E-state index is 4.53. The van der Waals surface area contributed by atoms with Crippen LogP contribution < -0.4 is 10.6 Å². The zero-order valence-corrected chi connectivity index (χ0v) is 13.5. The van der Waals surface area contributed by atoms with Crippen LogP contribution in [0.4, 0.5) is 11.8 Å². The quantitative estimate of drug-likeness (QED) is 0.797. The lowest BCUT2D eigenvalue weighted by atomic mass is 10.1. The largest absolute Gasteiger partial charge is 0.366 e. The third-order valence-electron chi connectivity index (χ3n) is 4.31. The van der Waals surface area contributed by atoms with Crippen molar-refractivity contribution < 1.29 is 0 Å². The maximum absolute atomic E-state index is 4.53. The summed E-state index contributed by atoms with van der Waals surface area (Å²) < 4.78 is 0. The van der Waals surface area contributed by atoms with Gasteiger partial charge in [-0.2, -0.15) is 10.1 Å². The minimum atomic E-state index is 0.520. The zero-order chi connectivity index (χ0) is 15.7. The monoisotopic (exact) mass is 311 g/mol. The second-order valence-corrected chi connectivity index (χ2v) is 6.16. The molecule has 1 aliphatic rings. The van der Waals surface area contributed by atoms with Crippen LogP contribution in [0.1, 0.15) is 44.1 Å². The van der Waals surface area contributed by atoms with Crippen LogP contribution in [0.25, 0.3) is 0 Å². The molecule has 2 N–H and O–H groups in total. The van der Waals surface area contributed by atoms with Gasteiger partial charge in [0, 0.05) is 12.6 Å². The summed E-state index contributed by atoms with van der Waals surface area (Å²) >= 11 is 0. The van der Waals surface area contributed by atoms with Gasteiger partial charge < -0.3 is 10.6 Å². The van der Waals surface area contributed by atoms with E-state index in [1.54, 1.807) is 6.20 Å². The van der Waals surface area contributed by atoms with Crippen LogP contribution in [0.2, 0.25) is 0 Å². The smallest absolute Gasteiger partial charge is 0.244 e. The number of benzene rings is 1. The molecule has 1 aromatic heterocycles. The molecule has 1 saturated carbocycles. The summed E-state index contributed by atoms with van der Waals surface area (Å²) in [5.41, 5.74) is 1.31. The molecule has 3 rings (SSSR count). The minimum absolute atomic E-state index is 0.520. The van der Waals surface area contributed by atoms with Crippen LogP contribution in [0.5, 0.6) is 0 Å². The number of nitrogens with one attached hydrogen (secondary N) is 2. The van der Waals surface area contributed by atoms with Gasteiger partial charge in [-0.05, 0) is 24.8 Å². The Morgan fingerprint density at radius 3 is 2.57 bits per heavy atom. The van der Waals surface area contributed by atoms with Crippen molar-refractivity contribution >= 4 is 11.8 Å². The summed E-state index contributed by atoms with van der Waals surface area (Å²) in [5, 5.41) is 14.9. The topological polar surface area (TPSA) is 62.7 Å². The molecule has 0 spiro atoms. The molecule has 23 heavy (non-hydrogen) atoms. The SMILES string of the molecule is c1ccc(CCNc2nncc(NC3CCCCCC3)n2)cc1. The summed E-state index contributed by atoms with van der Waals surface area (Å²) in [6, 6.07) is 10.9. The molecular weight excluding hydrogens is 286 g/mol. The molecular formula is C18H25N5. The van der Waals surface area contributed by atoms with Gasteiger partial charge in [0.2, 0.25) is 5.95 Å². The predicted molar refractivity (Wildman–Crippen MR) is 93.6 cm³/mol. The highest BCUT2D eigenvalue weighted by atomic mass is 15.3. The highest BCUT2D eigenvalue weighted by Gasteiger charge is 2.12. The van der Waals surface area contributed by atoms with Crippen LogP contribution in [0, 0.1) is 0 Å². The van der Waals surface area contributed by atoms with Crippen molar-refractivity contribution in [2.45, 2.75) is 51.0 Å². The fraction of sp³-hybridized carbons (Fsp3) is 0.500. The first-order valence-electron chi connectivity index (χ1n) is 8.64. The number of rotatable bonds is 6. The van der Waals surface area contributed by atoms with E-state index in [9.17, 15) is 0 Å². The maximum Gasteiger partial charge on any atom is 0.244 e. The molecule has 0 aliphatic heterocycles. The first kappa shape index (κ1) is 15.7. The van der Waals surface area contributed by atoms with E-state index in [1.165, 1.54) is 44.1 Å². The fourth-order valence-corrected chi connectivity index (χ4v) is 3.04. The number of hydrogen-bond donors (Lipinski definition) is 2. The van der Waals surface area contributed by atoms with Crippen molar-refractivity contribution in [3.8, 4) is 0 Å². The first-order chi connectivity index (χ1) is 11.4. The third-order valence-corrected chi connectivity index (χ3v) is 4.31. The molecule has 122 valence electrons. The highest BCUT2D eigenvalue weighted by molar-refractivity contribution is 5.38. The van der Waals surface area contributed by atoms with E-state index >= 15 is 0 Å². The lowest BCUT2D eigenvalue weighted by Crippen LogP contribution is -2.20. The van der Waals surface area contributed by atoms with Crippen LogP contribution in [0.15, 0.2) is 36.5 Å². The lowest BCUT2D eigenvalue weighted by molar-refractivity contribution is 0.616. The first-order valence-corrected chi connectivity index (χ1v) is 8.64. The van der Waals surface area contributed by atoms with Crippen molar-refractivity contribution in [1.29, 1.82) is 0 Å². The Balaban J connectivity index is 1.50. The average Bonchev–Trinajstić information content (AvgIpc) is 2.85. The van der Waals surface area contributed by atoms with E-state index in [0.29, 0.717) is 12.0 Å². The number of nitrogens with zero attached hydrogens (tertiary/aromatic N) is 3. The van der Waals surface area contributed by atoms with Crippen LogP contribution in [-0.2, 0) is 6.42 Å². The van der Waals surface area contributed by atoms with E-state index in [0.717, 1.165) is 18.8 Å². The molecule has 0 amide bonds. The molecule has 1 fully saturated rings. The van der Waals surface area contributed by atoms with E-state index in [1.807, 2.05) is 6.07 Å². The summed E-state index contributed by atoms with van der Waals surface area (Å²) in [5.74, 6) is 1.42. The van der Waals surface area contributed by atoms with E-state index in [-0.39, 0.29) is 0 Å². The average molecular weight is 311 g/mol. The van der Waals surface area contributed by atoms with E-state index in [4.69, 9.17) is 0 Å². The molecule has 1 heterocycles. The van der Waals surface area contributed by atoms with Gasteiger partial charge in [-0.3, -0.25) is 0 Å². The Labute approximate surface area is 137 Å². The Hall–Kier alpha value is -2.17. The molecule has 0 saturated heterocycles. The van der Waals surface area contributed by atoms with Crippen molar-refractivity contribution in [3.63, 3.8) is 0 Å². The molecule has 0 atom stereocenters. The van der Waals surface area contributed by atoms with Gasteiger partial charge >= 0.3 is 0 Å². The predicted octanol–water partition coefficient (Wildman–Crippen LogP) is 3.66. The van der Waals surface area contributed by atoms with Crippen molar-refractivity contribution in [1.82, 2.24) is 15.2 Å². The van der Waals surface area contributed by atoms with Crippen molar-refractivity contribution in [2.24, 2.45) is 0 Å². The molecule has 1 aliphatic carbocycles. The normalized spacial score (nSPS) is 15.8. The zero-order valence-electron chi connectivity index (χ0n) is 13.5. The van der Waals surface area contributed by atoms with Gasteiger partial charge in [0.05, 0.1) is 6.20 Å². The van der Waals surface area contributed by atoms with Crippen molar-refractivity contribution in [3.05, 3.63) is 42.1 Å². The summed E-state index contributed by atoms with van der Waals surface area (Å²) in [7, 11) is 0. The minimum Gasteiger partial charge on any atom is -0.366 e. The van der Waals surface area contributed by atoms with E-state index < -0.39 is 0 Å². The Morgan fingerprint density at radius 2 is 1.78 bits per heavy atom. The Morgan fingerprint density at radius 1 is 1.00 bits per heavy atom. The molecule has 0 radical (unpaired) electrons. The van der Waals surface area contributed by atoms with Crippen LogP contribution >= 0.6 is 0 Å². The molecule has 1 aromatic carbocycles. The Kier molecular flexibility index (Phi) is 5.78. The molecule has 5 nitrogen and oxygen atoms in total. The fourth-order valence-electron chi connectivity index (χ4n) is 3.04. The Bertz CT molecular complexity index is 579. The van der Waals surface area contributed by atoms with Gasteiger partial charge in [-0.1, -0.05) is 56.0 Å². The number of hydrogen-bond acceptors (Lipinski definition) is 5. The lowest BCUT2D eigenvalue weighted by Gasteiger charge is -2.16. The van der Waals surface area contributed by atoms with E-state index in [2.05, 4.69) is 50.1 Å². The molecule has 0 bridgehead atoms. The highest BCUT2D eigenvalue weighted by Crippen LogP contribution is 2.20. The van der Waals surface area contributed by atoms with Gasteiger partial charge in [0.25, 0.3) is 0 Å². The van der Waals surface area contributed by atoms with Gasteiger partial charge in [0.1, 0.15) is 0 Å². The van der Waals surface area contributed by atoms with Gasteiger partial charge in [0.15, 0.2) is 5.82 Å². The van der Waals surface area contributed by atoms with Crippen LogP contribution in [0.3, 0.4) is 0 Å². The summed E-state index contributed by atoms with van der Waals surface area (Å²) in [6.45, 7) is 0.804. The summed E-state index contributed by atoms with van der Waals surface area (Å²) in [4.78, 5) is 4.53. The second-order valence-electron chi connectivity index (χ2n) is 6.16. The molecule has 5 heteroatoms. The van der Waals surface area contributed by atoms with Gasteiger partial charge in [-0.25, -0.2) is 0 Å². The number of anilines is 2. The third kappa shape index (κ3) is 5.20. The standard InChI is InChI=1S/C18H25N5/c1-2-7-11-16(10-6-1)21-17-14-20-23-18(22-17)19-13-12-15-8-4-3-5-9-15/h3-5,8-9,14,16H,1-2,6-7,10-13H2,(H2,19,21,22,23). The molecule has 2 aromatic rings. The number of aromatic nitrogens is 3. The van der Waals surface area contributed by atoms with Crippen molar-refractivity contribution in [2.75, 3.05) is 17.2 Å².